The molecule has 1 aliphatic rings. The zero-order valence-corrected chi connectivity index (χ0v) is 15.4. The van der Waals surface area contributed by atoms with Crippen molar-refractivity contribution < 1.29 is 14.0 Å². The summed E-state index contributed by atoms with van der Waals surface area (Å²) in [5, 5.41) is 5.39. The predicted octanol–water partition coefficient (Wildman–Crippen LogP) is 2.26. The molecule has 1 fully saturated rings. The highest BCUT2D eigenvalue weighted by atomic mass is 79.9. The first-order chi connectivity index (χ1) is 11.4. The molecule has 0 bridgehead atoms. The third-order valence-corrected chi connectivity index (χ3v) is 4.54. The second kappa shape index (κ2) is 8.43. The van der Waals surface area contributed by atoms with Crippen LogP contribution in [0.25, 0.3) is 0 Å². The normalized spacial score (nSPS) is 16.6. The number of carbonyl (C=O) groups is 2. The third-order valence-electron chi connectivity index (χ3n) is 4.05. The van der Waals surface area contributed by atoms with Crippen LogP contribution in [0.3, 0.4) is 0 Å². The van der Waals surface area contributed by atoms with Crippen LogP contribution in [0.15, 0.2) is 22.7 Å². The minimum Gasteiger partial charge on any atom is -0.338 e. The number of benzene rings is 1. The molecule has 0 spiro atoms. The summed E-state index contributed by atoms with van der Waals surface area (Å²) in [6.45, 7) is 6.60. The highest BCUT2D eigenvalue weighted by Gasteiger charge is 2.27. The lowest BCUT2D eigenvalue weighted by Gasteiger charge is -2.37. The van der Waals surface area contributed by atoms with E-state index in [1.54, 1.807) is 17.9 Å². The summed E-state index contributed by atoms with van der Waals surface area (Å²) in [5.41, 5.74) is 0.163. The zero-order chi connectivity index (χ0) is 17.7. The van der Waals surface area contributed by atoms with Crippen LogP contribution in [0.2, 0.25) is 0 Å². The predicted molar refractivity (Wildman–Crippen MR) is 94.4 cm³/mol. The summed E-state index contributed by atoms with van der Waals surface area (Å²) in [4.78, 5) is 27.9. The van der Waals surface area contributed by atoms with Crippen LogP contribution >= 0.6 is 15.9 Å². The number of nitrogens with zero attached hydrogens (tertiary/aromatic N) is 2. The van der Waals surface area contributed by atoms with Crippen molar-refractivity contribution in [2.75, 3.05) is 38.0 Å². The van der Waals surface area contributed by atoms with Gasteiger partial charge >= 0.3 is 6.03 Å². The van der Waals surface area contributed by atoms with Crippen molar-refractivity contribution in [1.29, 1.82) is 0 Å². The molecule has 1 aliphatic heterocycles. The summed E-state index contributed by atoms with van der Waals surface area (Å²) in [7, 11) is 0. The number of nitrogens with one attached hydrogen (secondary N) is 2. The topological polar surface area (TPSA) is 64.7 Å². The van der Waals surface area contributed by atoms with E-state index < -0.39 is 11.9 Å². The average molecular weight is 401 g/mol. The second-order valence-corrected chi connectivity index (χ2v) is 6.56. The Hall–Kier alpha value is -1.67. The maximum absolute atomic E-state index is 13.8. The molecule has 1 aromatic carbocycles. The van der Waals surface area contributed by atoms with E-state index in [0.717, 1.165) is 0 Å². The molecule has 0 aliphatic carbocycles. The van der Waals surface area contributed by atoms with Gasteiger partial charge in [-0.1, -0.05) is 15.9 Å². The van der Waals surface area contributed by atoms with E-state index >= 15 is 0 Å². The fourth-order valence-electron chi connectivity index (χ4n) is 2.57. The summed E-state index contributed by atoms with van der Waals surface area (Å²) in [6.07, 6.45) is 0. The van der Waals surface area contributed by atoms with Crippen molar-refractivity contribution in [3.05, 3.63) is 28.5 Å². The first-order valence-electron chi connectivity index (χ1n) is 7.95. The van der Waals surface area contributed by atoms with Crippen molar-refractivity contribution in [2.45, 2.75) is 19.9 Å². The van der Waals surface area contributed by atoms with Crippen LogP contribution < -0.4 is 10.6 Å². The Balaban J connectivity index is 1.89. The number of piperazine rings is 1. The largest absolute Gasteiger partial charge is 0.338 e. The maximum atomic E-state index is 13.8. The van der Waals surface area contributed by atoms with Crippen molar-refractivity contribution in [3.63, 3.8) is 0 Å². The van der Waals surface area contributed by atoms with Crippen LogP contribution in [0.4, 0.5) is 14.9 Å². The summed E-state index contributed by atoms with van der Waals surface area (Å²) in [6, 6.07) is 4.03. The van der Waals surface area contributed by atoms with Crippen molar-refractivity contribution >= 4 is 33.6 Å². The standard InChI is InChI=1S/C16H22BrFN4O2/c1-3-19-16(24)22-8-6-21(7-9-22)11(2)15(23)20-14-5-4-12(17)10-13(14)18/h4-5,10-11H,3,6-9H2,1-2H3,(H,19,24)(H,20,23). The van der Waals surface area contributed by atoms with Crippen LogP contribution in [-0.2, 0) is 4.79 Å². The van der Waals surface area contributed by atoms with Crippen LogP contribution in [0.1, 0.15) is 13.8 Å². The van der Waals surface area contributed by atoms with Gasteiger partial charge < -0.3 is 15.5 Å². The van der Waals surface area contributed by atoms with Gasteiger partial charge in [-0.3, -0.25) is 9.69 Å². The van der Waals surface area contributed by atoms with Gasteiger partial charge in [-0.25, -0.2) is 9.18 Å². The van der Waals surface area contributed by atoms with Gasteiger partial charge in [0.15, 0.2) is 0 Å². The Bertz CT molecular complexity index is 606. The average Bonchev–Trinajstić information content (AvgIpc) is 2.57. The molecule has 1 aromatic rings. The fraction of sp³-hybridized carbons (Fsp3) is 0.500. The SMILES string of the molecule is CCNC(=O)N1CCN(C(C)C(=O)Nc2ccc(Br)cc2F)CC1. The van der Waals surface area contributed by atoms with Gasteiger partial charge in [0.2, 0.25) is 5.91 Å². The third kappa shape index (κ3) is 4.67. The minimum absolute atomic E-state index is 0.0776. The molecule has 0 saturated carbocycles. The Kier molecular flexibility index (Phi) is 6.56. The van der Waals surface area contributed by atoms with Crippen LogP contribution in [-0.4, -0.2) is 60.5 Å². The molecule has 1 atom stereocenters. The van der Waals surface area contributed by atoms with Crippen molar-refractivity contribution in [1.82, 2.24) is 15.1 Å². The molecule has 0 radical (unpaired) electrons. The van der Waals surface area contributed by atoms with E-state index in [1.165, 1.54) is 12.1 Å². The van der Waals surface area contributed by atoms with Gasteiger partial charge in [-0.15, -0.1) is 0 Å². The van der Waals surface area contributed by atoms with Gasteiger partial charge in [0.1, 0.15) is 5.82 Å². The molecule has 1 saturated heterocycles. The molecule has 1 heterocycles. The highest BCUT2D eigenvalue weighted by Crippen LogP contribution is 2.20. The van der Waals surface area contributed by atoms with Gasteiger partial charge in [-0.05, 0) is 32.0 Å². The van der Waals surface area contributed by atoms with E-state index in [4.69, 9.17) is 0 Å². The zero-order valence-electron chi connectivity index (χ0n) is 13.8. The molecule has 6 nitrogen and oxygen atoms in total. The molecule has 1 unspecified atom stereocenters. The molecule has 2 rings (SSSR count). The number of anilines is 1. The van der Waals surface area contributed by atoms with E-state index in [1.807, 2.05) is 11.8 Å². The van der Waals surface area contributed by atoms with E-state index in [2.05, 4.69) is 26.6 Å². The first kappa shape index (κ1) is 18.7. The monoisotopic (exact) mass is 400 g/mol. The fourth-order valence-corrected chi connectivity index (χ4v) is 2.90. The Morgan fingerprint density at radius 1 is 1.29 bits per heavy atom. The Labute approximate surface area is 149 Å². The Morgan fingerprint density at radius 3 is 2.54 bits per heavy atom. The Morgan fingerprint density at radius 2 is 1.96 bits per heavy atom. The van der Waals surface area contributed by atoms with Crippen molar-refractivity contribution in [2.24, 2.45) is 0 Å². The van der Waals surface area contributed by atoms with Gasteiger partial charge in [0.05, 0.1) is 11.7 Å². The molecule has 2 N–H and O–H groups in total. The number of rotatable bonds is 4. The molecular formula is C16H22BrFN4O2. The minimum atomic E-state index is -0.481. The lowest BCUT2D eigenvalue weighted by Crippen LogP contribution is -2.55. The van der Waals surface area contributed by atoms with E-state index in [0.29, 0.717) is 37.2 Å². The number of hydrogen-bond acceptors (Lipinski definition) is 3. The number of carbonyl (C=O) groups excluding carboxylic acids is 2. The maximum Gasteiger partial charge on any atom is 0.317 e. The van der Waals surface area contributed by atoms with Crippen LogP contribution in [0, 0.1) is 5.82 Å². The molecule has 0 aromatic heterocycles. The first-order valence-corrected chi connectivity index (χ1v) is 8.74. The molecular weight excluding hydrogens is 379 g/mol. The van der Waals surface area contributed by atoms with Crippen LogP contribution in [0.5, 0.6) is 0 Å². The number of halogens is 2. The van der Waals surface area contributed by atoms with Gasteiger partial charge in [-0.2, -0.15) is 0 Å². The van der Waals surface area contributed by atoms with Gasteiger partial charge in [0.25, 0.3) is 0 Å². The molecule has 3 amide bonds. The molecule has 8 heteroatoms. The summed E-state index contributed by atoms with van der Waals surface area (Å²) >= 11 is 3.18. The number of urea groups is 1. The van der Waals surface area contributed by atoms with Gasteiger partial charge in [0, 0.05) is 37.2 Å². The number of amides is 3. The molecule has 24 heavy (non-hydrogen) atoms. The van der Waals surface area contributed by atoms with Crippen molar-refractivity contribution in [3.8, 4) is 0 Å². The smallest absolute Gasteiger partial charge is 0.317 e. The highest BCUT2D eigenvalue weighted by molar-refractivity contribution is 9.10. The van der Waals surface area contributed by atoms with E-state index in [9.17, 15) is 14.0 Å². The lowest BCUT2D eigenvalue weighted by atomic mass is 10.2. The second-order valence-electron chi connectivity index (χ2n) is 5.65. The molecule has 132 valence electrons. The summed E-state index contributed by atoms with van der Waals surface area (Å²) in [5.74, 6) is -0.742. The lowest BCUT2D eigenvalue weighted by molar-refractivity contribution is -0.121. The quantitative estimate of drug-likeness (QED) is 0.814. The summed E-state index contributed by atoms with van der Waals surface area (Å²) < 4.78 is 14.4. The number of hydrogen-bond donors (Lipinski definition) is 2. The van der Waals surface area contributed by atoms with E-state index in [-0.39, 0.29) is 17.6 Å².